The van der Waals surface area contributed by atoms with Gasteiger partial charge in [0.05, 0.1) is 15.8 Å². The van der Waals surface area contributed by atoms with E-state index >= 15 is 0 Å². The second-order valence-electron chi connectivity index (χ2n) is 6.53. The number of nitrogens with zero attached hydrogens (tertiary/aromatic N) is 2. The number of aromatic nitrogens is 2. The van der Waals surface area contributed by atoms with E-state index in [4.69, 9.17) is 0 Å². The molecule has 5 nitrogen and oxygen atoms in total. The molecule has 1 fully saturated rings. The Kier molecular flexibility index (Phi) is 4.13. The molecular weight excluding hydrogens is 334 g/mol. The zero-order valence-corrected chi connectivity index (χ0v) is 14.8. The van der Waals surface area contributed by atoms with Crippen LogP contribution in [0.3, 0.4) is 0 Å². The highest BCUT2D eigenvalue weighted by Gasteiger charge is 2.23. The molecule has 0 atom stereocenters. The first-order valence-electron chi connectivity index (χ1n) is 8.42. The summed E-state index contributed by atoms with van der Waals surface area (Å²) < 4.78 is 1.11. The van der Waals surface area contributed by atoms with Gasteiger partial charge in [-0.2, -0.15) is 0 Å². The van der Waals surface area contributed by atoms with Gasteiger partial charge in [0.2, 0.25) is 0 Å². The second-order valence-corrected chi connectivity index (χ2v) is 7.41. The molecule has 4 rings (SSSR count). The van der Waals surface area contributed by atoms with Gasteiger partial charge in [-0.05, 0) is 66.8 Å². The Labute approximate surface area is 149 Å². The minimum absolute atomic E-state index is 0.342. The number of carboxylic acids is 1. The number of rotatable bonds is 6. The summed E-state index contributed by atoms with van der Waals surface area (Å²) in [5.41, 5.74) is 4.74. The molecule has 3 aromatic rings. The van der Waals surface area contributed by atoms with Crippen molar-refractivity contribution >= 4 is 33.3 Å². The number of aromatic carboxylic acids is 1. The quantitative estimate of drug-likeness (QED) is 0.699. The van der Waals surface area contributed by atoms with E-state index in [-0.39, 0.29) is 0 Å². The van der Waals surface area contributed by atoms with Gasteiger partial charge in [-0.1, -0.05) is 6.07 Å². The van der Waals surface area contributed by atoms with Crippen molar-refractivity contribution in [3.8, 4) is 0 Å². The van der Waals surface area contributed by atoms with Crippen molar-refractivity contribution in [1.82, 2.24) is 9.97 Å². The largest absolute Gasteiger partial charge is 0.478 e. The average molecular weight is 353 g/mol. The number of hydrogen-bond donors (Lipinski definition) is 2. The smallest absolute Gasteiger partial charge is 0.335 e. The van der Waals surface area contributed by atoms with E-state index in [1.165, 1.54) is 18.4 Å². The number of nitrogens with one attached hydrogen (secondary N) is 1. The van der Waals surface area contributed by atoms with E-state index < -0.39 is 5.97 Å². The van der Waals surface area contributed by atoms with Gasteiger partial charge in [0.15, 0.2) is 0 Å². The highest BCUT2D eigenvalue weighted by atomic mass is 32.1. The normalized spacial score (nSPS) is 14.0. The molecule has 25 heavy (non-hydrogen) atoms. The monoisotopic (exact) mass is 353 g/mol. The first-order chi connectivity index (χ1) is 12.1. The third-order valence-corrected chi connectivity index (χ3v) is 5.63. The van der Waals surface area contributed by atoms with Crippen molar-refractivity contribution in [2.45, 2.75) is 38.6 Å². The Morgan fingerprint density at radius 2 is 2.08 bits per heavy atom. The summed E-state index contributed by atoms with van der Waals surface area (Å²) in [6.45, 7) is 2.02. The predicted octanol–water partition coefficient (Wildman–Crippen LogP) is 4.06. The van der Waals surface area contributed by atoms with Crippen LogP contribution in [0.1, 0.15) is 39.9 Å². The van der Waals surface area contributed by atoms with Gasteiger partial charge in [-0.3, -0.25) is 0 Å². The van der Waals surface area contributed by atoms with Gasteiger partial charge in [-0.15, -0.1) is 11.3 Å². The van der Waals surface area contributed by atoms with E-state index in [9.17, 15) is 9.90 Å². The maximum atomic E-state index is 11.2. The van der Waals surface area contributed by atoms with Crippen molar-refractivity contribution in [2.75, 3.05) is 5.32 Å². The fourth-order valence-electron chi connectivity index (χ4n) is 2.94. The van der Waals surface area contributed by atoms with Crippen LogP contribution in [-0.4, -0.2) is 27.1 Å². The zero-order chi connectivity index (χ0) is 17.4. The van der Waals surface area contributed by atoms with Gasteiger partial charge >= 0.3 is 5.97 Å². The van der Waals surface area contributed by atoms with Gasteiger partial charge in [0, 0.05) is 6.04 Å². The average Bonchev–Trinajstić information content (AvgIpc) is 3.31. The molecule has 1 saturated carbocycles. The second kappa shape index (κ2) is 6.44. The number of thiophene rings is 1. The summed E-state index contributed by atoms with van der Waals surface area (Å²) in [7, 11) is 0. The van der Waals surface area contributed by atoms with Crippen molar-refractivity contribution in [2.24, 2.45) is 0 Å². The highest BCUT2D eigenvalue weighted by Crippen LogP contribution is 2.33. The third kappa shape index (κ3) is 3.35. The molecule has 1 aliphatic carbocycles. The van der Waals surface area contributed by atoms with Crippen molar-refractivity contribution < 1.29 is 9.90 Å². The molecule has 0 aliphatic heterocycles. The molecule has 0 radical (unpaired) electrons. The van der Waals surface area contributed by atoms with Crippen LogP contribution in [0.5, 0.6) is 0 Å². The van der Waals surface area contributed by atoms with Crippen LogP contribution >= 0.6 is 11.3 Å². The summed E-state index contributed by atoms with van der Waals surface area (Å²) in [6.07, 6.45) is 5.68. The van der Waals surface area contributed by atoms with E-state index in [2.05, 4.69) is 20.7 Å². The Morgan fingerprint density at radius 1 is 1.28 bits per heavy atom. The van der Waals surface area contributed by atoms with Crippen LogP contribution in [0.4, 0.5) is 5.82 Å². The van der Waals surface area contributed by atoms with Crippen LogP contribution in [0.2, 0.25) is 0 Å². The highest BCUT2D eigenvalue weighted by molar-refractivity contribution is 7.18. The Bertz CT molecular complexity index is 947. The lowest BCUT2D eigenvalue weighted by Gasteiger charge is -2.07. The molecule has 0 bridgehead atoms. The van der Waals surface area contributed by atoms with E-state index in [1.807, 2.05) is 13.0 Å². The first kappa shape index (κ1) is 16.0. The SMILES string of the molecule is Cc1ccc(C(=O)O)cc1CCc1csc2c(NC3CC3)ncnc12. The first-order valence-corrected chi connectivity index (χ1v) is 9.30. The van der Waals surface area contributed by atoms with Crippen molar-refractivity contribution in [1.29, 1.82) is 0 Å². The lowest BCUT2D eigenvalue weighted by Crippen LogP contribution is -2.03. The minimum atomic E-state index is -0.884. The maximum absolute atomic E-state index is 11.2. The molecule has 0 unspecified atom stereocenters. The van der Waals surface area contributed by atoms with E-state index in [0.29, 0.717) is 11.6 Å². The minimum Gasteiger partial charge on any atom is -0.478 e. The molecular formula is C19H19N3O2S. The summed E-state index contributed by atoms with van der Waals surface area (Å²) in [6, 6.07) is 5.88. The van der Waals surface area contributed by atoms with Crippen LogP contribution in [0, 0.1) is 6.92 Å². The molecule has 0 saturated heterocycles. The van der Waals surface area contributed by atoms with Crippen molar-refractivity contribution in [3.63, 3.8) is 0 Å². The number of fused-ring (bicyclic) bond motifs is 1. The molecule has 0 spiro atoms. The fraction of sp³-hybridized carbons (Fsp3) is 0.316. The van der Waals surface area contributed by atoms with Gasteiger partial charge in [-0.25, -0.2) is 14.8 Å². The molecule has 1 aliphatic rings. The van der Waals surface area contributed by atoms with Gasteiger partial charge in [0.25, 0.3) is 0 Å². The molecule has 2 heterocycles. The molecule has 0 amide bonds. The number of carbonyl (C=O) groups is 1. The lowest BCUT2D eigenvalue weighted by atomic mass is 9.99. The van der Waals surface area contributed by atoms with E-state index in [0.717, 1.165) is 40.0 Å². The number of hydrogen-bond acceptors (Lipinski definition) is 5. The molecule has 6 heteroatoms. The number of anilines is 1. The molecule has 128 valence electrons. The topological polar surface area (TPSA) is 75.1 Å². The van der Waals surface area contributed by atoms with Gasteiger partial charge in [0.1, 0.15) is 12.1 Å². The Balaban J connectivity index is 1.57. The summed E-state index contributed by atoms with van der Waals surface area (Å²) >= 11 is 1.68. The lowest BCUT2D eigenvalue weighted by molar-refractivity contribution is 0.0696. The van der Waals surface area contributed by atoms with E-state index in [1.54, 1.807) is 29.8 Å². The van der Waals surface area contributed by atoms with Crippen molar-refractivity contribution in [3.05, 3.63) is 52.2 Å². The number of benzene rings is 1. The van der Waals surface area contributed by atoms with Crippen LogP contribution in [0.15, 0.2) is 29.9 Å². The van der Waals surface area contributed by atoms with Crippen LogP contribution < -0.4 is 5.32 Å². The number of aryl methyl sites for hydroxylation is 3. The number of carboxylic acid groups (broad SMARTS) is 1. The Hall–Kier alpha value is -2.47. The standard InChI is InChI=1S/C19H19N3O2S/c1-11-2-3-13(19(23)24)8-12(11)4-5-14-9-25-17-16(14)20-10-21-18(17)22-15-6-7-15/h2-3,8-10,15H,4-7H2,1H3,(H,23,24)(H,20,21,22). The summed E-state index contributed by atoms with van der Waals surface area (Å²) in [4.78, 5) is 20.0. The predicted molar refractivity (Wildman–Crippen MR) is 99.6 cm³/mol. The zero-order valence-electron chi connectivity index (χ0n) is 14.0. The molecule has 2 aromatic heterocycles. The Morgan fingerprint density at radius 3 is 2.84 bits per heavy atom. The summed E-state index contributed by atoms with van der Waals surface area (Å²) in [5, 5.41) is 14.8. The van der Waals surface area contributed by atoms with Gasteiger partial charge < -0.3 is 10.4 Å². The molecule has 1 aromatic carbocycles. The molecule has 2 N–H and O–H groups in total. The summed E-state index contributed by atoms with van der Waals surface area (Å²) in [5.74, 6) is 0.0542. The third-order valence-electron chi connectivity index (χ3n) is 4.60. The van der Waals surface area contributed by atoms with Crippen LogP contribution in [0.25, 0.3) is 10.2 Å². The maximum Gasteiger partial charge on any atom is 0.335 e. The fourth-order valence-corrected chi connectivity index (χ4v) is 3.95. The van der Waals surface area contributed by atoms with Crippen LogP contribution in [-0.2, 0) is 12.8 Å².